The van der Waals surface area contributed by atoms with Gasteiger partial charge in [-0.15, -0.1) is 0 Å². The van der Waals surface area contributed by atoms with E-state index in [9.17, 15) is 4.79 Å². The summed E-state index contributed by atoms with van der Waals surface area (Å²) in [7, 11) is 5.18. The van der Waals surface area contributed by atoms with Crippen molar-refractivity contribution < 1.29 is 9.53 Å². The Labute approximate surface area is 129 Å². The molecule has 6 nitrogen and oxygen atoms in total. The van der Waals surface area contributed by atoms with E-state index in [0.29, 0.717) is 5.96 Å². The van der Waals surface area contributed by atoms with E-state index in [-0.39, 0.29) is 17.9 Å². The molecule has 0 radical (unpaired) electrons. The van der Waals surface area contributed by atoms with E-state index in [2.05, 4.69) is 36.4 Å². The lowest BCUT2D eigenvalue weighted by Gasteiger charge is -2.26. The van der Waals surface area contributed by atoms with Gasteiger partial charge in [-0.05, 0) is 18.3 Å². The average Bonchev–Trinajstić information content (AvgIpc) is 2.43. The van der Waals surface area contributed by atoms with Gasteiger partial charge < -0.3 is 20.3 Å². The van der Waals surface area contributed by atoms with Gasteiger partial charge in [0.2, 0.25) is 5.91 Å². The van der Waals surface area contributed by atoms with Crippen molar-refractivity contribution in [1.82, 2.24) is 15.5 Å². The first-order valence-corrected chi connectivity index (χ1v) is 7.53. The molecule has 21 heavy (non-hydrogen) atoms. The Hall–Kier alpha value is -1.30. The van der Waals surface area contributed by atoms with E-state index in [4.69, 9.17) is 4.74 Å². The number of methoxy groups -OCH3 is 1. The molecule has 0 fully saturated rings. The number of rotatable bonds is 9. The van der Waals surface area contributed by atoms with Gasteiger partial charge in [0, 0.05) is 40.9 Å². The third-order valence-corrected chi connectivity index (χ3v) is 3.13. The third kappa shape index (κ3) is 10.1. The van der Waals surface area contributed by atoms with Crippen molar-refractivity contribution in [2.45, 2.75) is 33.6 Å². The van der Waals surface area contributed by atoms with Gasteiger partial charge in [-0.3, -0.25) is 4.79 Å². The van der Waals surface area contributed by atoms with E-state index in [0.717, 1.165) is 32.5 Å². The molecular weight excluding hydrogens is 268 g/mol. The summed E-state index contributed by atoms with van der Waals surface area (Å²) in [6, 6.07) is 0. The molecule has 0 spiro atoms. The van der Waals surface area contributed by atoms with Crippen LogP contribution in [0.2, 0.25) is 0 Å². The highest BCUT2D eigenvalue weighted by atomic mass is 16.5. The topological polar surface area (TPSA) is 66.0 Å². The highest BCUT2D eigenvalue weighted by Crippen LogP contribution is 2.18. The van der Waals surface area contributed by atoms with Crippen LogP contribution in [0.3, 0.4) is 0 Å². The molecule has 0 aliphatic heterocycles. The predicted molar refractivity (Wildman–Crippen MR) is 87.6 cm³/mol. The molecule has 0 heterocycles. The van der Waals surface area contributed by atoms with Crippen LogP contribution < -0.4 is 10.6 Å². The molecule has 6 heteroatoms. The molecule has 0 rings (SSSR count). The number of nitrogens with zero attached hydrogens (tertiary/aromatic N) is 2. The van der Waals surface area contributed by atoms with Crippen LogP contribution in [-0.4, -0.2) is 64.2 Å². The van der Waals surface area contributed by atoms with Crippen molar-refractivity contribution in [3.05, 3.63) is 0 Å². The second kappa shape index (κ2) is 10.4. The summed E-state index contributed by atoms with van der Waals surface area (Å²) >= 11 is 0. The first-order valence-electron chi connectivity index (χ1n) is 7.53. The molecule has 0 aromatic carbocycles. The number of carbonyl (C=O) groups is 1. The van der Waals surface area contributed by atoms with Gasteiger partial charge in [-0.1, -0.05) is 20.8 Å². The maximum atomic E-state index is 11.6. The van der Waals surface area contributed by atoms with Crippen LogP contribution in [0.15, 0.2) is 4.99 Å². The molecule has 0 bridgehead atoms. The summed E-state index contributed by atoms with van der Waals surface area (Å²) in [4.78, 5) is 17.5. The van der Waals surface area contributed by atoms with Crippen molar-refractivity contribution >= 4 is 11.9 Å². The lowest BCUT2D eigenvalue weighted by Crippen LogP contribution is -2.43. The molecule has 0 saturated carbocycles. The lowest BCUT2D eigenvalue weighted by molar-refractivity contribution is -0.127. The fourth-order valence-electron chi connectivity index (χ4n) is 1.50. The Morgan fingerprint density at radius 1 is 1.29 bits per heavy atom. The van der Waals surface area contributed by atoms with Crippen molar-refractivity contribution in [3.63, 3.8) is 0 Å². The molecular formula is C15H32N4O2. The number of ether oxygens (including phenoxy) is 1. The number of aliphatic imine (C=N–C) groups is 1. The molecule has 0 aliphatic carbocycles. The van der Waals surface area contributed by atoms with Crippen LogP contribution in [0.4, 0.5) is 0 Å². The summed E-state index contributed by atoms with van der Waals surface area (Å²) in [5.41, 5.74) is 0.107. The Balaban J connectivity index is 4.47. The molecule has 0 atom stereocenters. The maximum absolute atomic E-state index is 11.6. The van der Waals surface area contributed by atoms with Crippen molar-refractivity contribution in [1.29, 1.82) is 0 Å². The van der Waals surface area contributed by atoms with Gasteiger partial charge in [0.25, 0.3) is 0 Å². The summed E-state index contributed by atoms with van der Waals surface area (Å²) in [5, 5.41) is 6.54. The van der Waals surface area contributed by atoms with Crippen LogP contribution in [0, 0.1) is 5.41 Å². The first kappa shape index (κ1) is 19.7. The molecule has 1 amide bonds. The molecule has 0 aliphatic rings. The Kier molecular flexibility index (Phi) is 9.78. The van der Waals surface area contributed by atoms with Gasteiger partial charge in [0.05, 0.1) is 0 Å². The van der Waals surface area contributed by atoms with E-state index in [1.54, 1.807) is 26.1 Å². The zero-order valence-corrected chi connectivity index (χ0v) is 14.5. The zero-order valence-electron chi connectivity index (χ0n) is 14.5. The number of likely N-dealkylation sites (N-methyl/N-ethyl adjacent to an activating group) is 1. The van der Waals surface area contributed by atoms with E-state index in [1.807, 2.05) is 0 Å². The van der Waals surface area contributed by atoms with E-state index in [1.165, 1.54) is 0 Å². The zero-order chi connectivity index (χ0) is 16.3. The Morgan fingerprint density at radius 3 is 2.48 bits per heavy atom. The largest absolute Gasteiger partial charge is 0.385 e. The fraction of sp³-hybridized carbons (Fsp3) is 0.867. The predicted octanol–water partition coefficient (Wildman–Crippen LogP) is 1.08. The van der Waals surface area contributed by atoms with Crippen LogP contribution in [0.25, 0.3) is 0 Å². The quantitative estimate of drug-likeness (QED) is 0.494. The standard InChI is InChI=1S/C15H32N4O2/c1-7-9-16-14(17-11-13(20)19(4)5)18-12-15(2,3)8-10-21-6/h7-12H2,1-6H3,(H2,16,17,18). The summed E-state index contributed by atoms with van der Waals surface area (Å²) in [6.07, 6.45) is 1.98. The van der Waals surface area contributed by atoms with Gasteiger partial charge in [-0.25, -0.2) is 4.99 Å². The molecule has 0 aromatic rings. The van der Waals surface area contributed by atoms with Crippen molar-refractivity contribution in [2.75, 3.05) is 47.4 Å². The number of hydrogen-bond donors (Lipinski definition) is 2. The smallest absolute Gasteiger partial charge is 0.243 e. The normalized spacial score (nSPS) is 12.2. The SMILES string of the molecule is CCCNC(=NCC(=O)N(C)C)NCC(C)(C)CCOC. The monoisotopic (exact) mass is 300 g/mol. The number of hydrogen-bond acceptors (Lipinski definition) is 3. The molecule has 0 aromatic heterocycles. The minimum Gasteiger partial charge on any atom is -0.385 e. The second-order valence-corrected chi connectivity index (χ2v) is 6.14. The third-order valence-electron chi connectivity index (χ3n) is 3.13. The maximum Gasteiger partial charge on any atom is 0.243 e. The minimum atomic E-state index is -0.00811. The Morgan fingerprint density at radius 2 is 1.95 bits per heavy atom. The van der Waals surface area contributed by atoms with Crippen molar-refractivity contribution in [3.8, 4) is 0 Å². The molecule has 124 valence electrons. The first-order chi connectivity index (χ1) is 9.82. The van der Waals surface area contributed by atoms with Gasteiger partial charge in [0.15, 0.2) is 5.96 Å². The highest BCUT2D eigenvalue weighted by molar-refractivity contribution is 5.84. The molecule has 2 N–H and O–H groups in total. The van der Waals surface area contributed by atoms with Crippen LogP contribution in [0.5, 0.6) is 0 Å². The lowest BCUT2D eigenvalue weighted by atomic mass is 9.90. The molecule has 0 unspecified atom stereocenters. The van der Waals surface area contributed by atoms with Gasteiger partial charge >= 0.3 is 0 Å². The van der Waals surface area contributed by atoms with Gasteiger partial charge in [0.1, 0.15) is 6.54 Å². The highest BCUT2D eigenvalue weighted by Gasteiger charge is 2.18. The molecule has 0 saturated heterocycles. The van der Waals surface area contributed by atoms with Crippen LogP contribution >= 0.6 is 0 Å². The average molecular weight is 300 g/mol. The summed E-state index contributed by atoms with van der Waals surface area (Å²) in [5.74, 6) is 0.684. The minimum absolute atomic E-state index is 0.00811. The van der Waals surface area contributed by atoms with Crippen molar-refractivity contribution in [2.24, 2.45) is 10.4 Å². The van der Waals surface area contributed by atoms with Gasteiger partial charge in [-0.2, -0.15) is 0 Å². The van der Waals surface area contributed by atoms with E-state index >= 15 is 0 Å². The number of carbonyl (C=O) groups excluding carboxylic acids is 1. The van der Waals surface area contributed by atoms with Crippen LogP contribution in [-0.2, 0) is 9.53 Å². The number of amides is 1. The number of nitrogens with one attached hydrogen (secondary N) is 2. The summed E-state index contributed by atoms with van der Waals surface area (Å²) < 4.78 is 5.13. The fourth-order valence-corrected chi connectivity index (χ4v) is 1.50. The van der Waals surface area contributed by atoms with E-state index < -0.39 is 0 Å². The second-order valence-electron chi connectivity index (χ2n) is 6.14. The summed E-state index contributed by atoms with van der Waals surface area (Å²) in [6.45, 7) is 8.97. The number of guanidine groups is 1. The Bertz CT molecular complexity index is 328. The van der Waals surface area contributed by atoms with Crippen LogP contribution in [0.1, 0.15) is 33.6 Å².